The van der Waals surface area contributed by atoms with Gasteiger partial charge < -0.3 is 27.5 Å². The molecule has 0 aliphatic heterocycles. The van der Waals surface area contributed by atoms with E-state index in [9.17, 15) is 0 Å². The van der Waals surface area contributed by atoms with E-state index >= 15 is 0 Å². The Morgan fingerprint density at radius 1 is 0.609 bits per heavy atom. The van der Waals surface area contributed by atoms with E-state index in [0.717, 1.165) is 6.42 Å². The summed E-state index contributed by atoms with van der Waals surface area (Å²) in [4.78, 5) is 0. The number of ether oxygens (including phenoxy) is 3. The zero-order valence-electron chi connectivity index (χ0n) is 15.2. The van der Waals surface area contributed by atoms with Crippen molar-refractivity contribution in [1.29, 1.82) is 0 Å². The molecule has 138 valence electrons. The van der Waals surface area contributed by atoms with Crippen molar-refractivity contribution >= 4 is 8.80 Å². The Kier molecular flexibility index (Phi) is 16.4. The molecule has 0 amide bonds. The molecule has 23 heavy (non-hydrogen) atoms. The van der Waals surface area contributed by atoms with Crippen molar-refractivity contribution in [2.24, 2.45) is 0 Å². The third kappa shape index (κ3) is 12.8. The predicted octanol–water partition coefficient (Wildman–Crippen LogP) is 2.59. The summed E-state index contributed by atoms with van der Waals surface area (Å²) in [7, 11) is -2.89. The van der Waals surface area contributed by atoms with E-state index in [4.69, 9.17) is 27.5 Å². The highest BCUT2D eigenvalue weighted by Crippen LogP contribution is 2.13. The summed E-state index contributed by atoms with van der Waals surface area (Å²) in [5.74, 6) is 0. The molecule has 6 nitrogen and oxygen atoms in total. The molecule has 0 fully saturated rings. The summed E-state index contributed by atoms with van der Waals surface area (Å²) in [5.41, 5.74) is 1.94. The van der Waals surface area contributed by atoms with E-state index < -0.39 is 8.80 Å². The quantitative estimate of drug-likeness (QED) is 0.297. The monoisotopic (exact) mass is 350 g/mol. The molecule has 7 heteroatoms. The lowest BCUT2D eigenvalue weighted by Gasteiger charge is -2.27. The van der Waals surface area contributed by atoms with Gasteiger partial charge in [0.25, 0.3) is 0 Å². The maximum Gasteiger partial charge on any atom is 0.529 e. The van der Waals surface area contributed by atoms with Crippen molar-refractivity contribution in [3.63, 3.8) is 0 Å². The molecular weight excluding hydrogens is 316 g/mol. The van der Waals surface area contributed by atoms with Crippen LogP contribution in [0, 0.1) is 0 Å². The van der Waals surface area contributed by atoms with Crippen LogP contribution in [0.15, 0.2) is 11.8 Å². The minimum absolute atomic E-state index is 0.442. The first-order valence-corrected chi connectivity index (χ1v) is 10.4. The fraction of sp³-hybridized carbons (Fsp3) is 0.875. The molecule has 0 bridgehead atoms. The van der Waals surface area contributed by atoms with Crippen LogP contribution in [0.25, 0.3) is 0 Å². The fourth-order valence-electron chi connectivity index (χ4n) is 1.69. The molecule has 0 saturated carbocycles. The number of hydrogen-bond acceptors (Lipinski definition) is 6. The van der Waals surface area contributed by atoms with Crippen molar-refractivity contribution in [3.05, 3.63) is 11.8 Å². The molecule has 0 heterocycles. The summed E-state index contributed by atoms with van der Waals surface area (Å²) in [5, 5.41) is 0. The average Bonchev–Trinajstić information content (AvgIpc) is 2.57. The Morgan fingerprint density at radius 3 is 1.30 bits per heavy atom. The van der Waals surface area contributed by atoms with Gasteiger partial charge in [-0.25, -0.2) is 0 Å². The zero-order chi connectivity index (χ0) is 17.2. The molecule has 0 aliphatic rings. The highest BCUT2D eigenvalue weighted by Gasteiger charge is 2.38. The third-order valence-corrected chi connectivity index (χ3v) is 5.23. The average molecular weight is 351 g/mol. The molecule has 0 spiro atoms. The van der Waals surface area contributed by atoms with Crippen LogP contribution in [0.5, 0.6) is 0 Å². The number of allylic oxidation sites excluding steroid dienone is 1. The summed E-state index contributed by atoms with van der Waals surface area (Å²) in [6, 6.07) is 0. The summed E-state index contributed by atoms with van der Waals surface area (Å²) in [6.07, 6.45) is 2.92. The van der Waals surface area contributed by atoms with Crippen LogP contribution >= 0.6 is 0 Å². The fourth-order valence-corrected chi connectivity index (χ4v) is 3.86. The van der Waals surface area contributed by atoms with Crippen LogP contribution in [0.2, 0.25) is 0 Å². The summed E-state index contributed by atoms with van der Waals surface area (Å²) < 4.78 is 33.9. The molecule has 0 rings (SSSR count). The molecule has 0 aromatic rings. The Labute approximate surface area is 142 Å². The molecule has 0 saturated heterocycles. The van der Waals surface area contributed by atoms with Gasteiger partial charge in [-0.2, -0.15) is 0 Å². The normalized spacial score (nSPS) is 12.3. The van der Waals surface area contributed by atoms with Crippen molar-refractivity contribution < 1.29 is 27.5 Å². The van der Waals surface area contributed by atoms with Crippen molar-refractivity contribution in [3.8, 4) is 0 Å². The van der Waals surface area contributed by atoms with Gasteiger partial charge >= 0.3 is 8.80 Å². The van der Waals surface area contributed by atoms with Gasteiger partial charge in [-0.05, 0) is 32.9 Å². The van der Waals surface area contributed by atoms with Crippen LogP contribution in [0.3, 0.4) is 0 Å². The second-order valence-corrected chi connectivity index (χ2v) is 6.96. The molecule has 0 aromatic carbocycles. The van der Waals surface area contributed by atoms with Crippen LogP contribution in [0.1, 0.15) is 34.1 Å². The van der Waals surface area contributed by atoms with Crippen LogP contribution in [-0.4, -0.2) is 68.3 Å². The van der Waals surface area contributed by atoms with Crippen molar-refractivity contribution in [2.45, 2.75) is 34.1 Å². The molecule has 0 aliphatic carbocycles. The van der Waals surface area contributed by atoms with Gasteiger partial charge in [0, 0.05) is 19.8 Å². The van der Waals surface area contributed by atoms with E-state index in [1.54, 1.807) is 0 Å². The lowest BCUT2D eigenvalue weighted by atomic mass is 10.5. The molecular formula is C16H34O6Si. The van der Waals surface area contributed by atoms with Crippen molar-refractivity contribution in [1.82, 2.24) is 0 Å². The topological polar surface area (TPSA) is 55.4 Å². The first kappa shape index (κ1) is 22.7. The van der Waals surface area contributed by atoms with Gasteiger partial charge in [0.2, 0.25) is 0 Å². The van der Waals surface area contributed by atoms with Gasteiger partial charge in [-0.15, -0.1) is 0 Å². The SMILES string of the molecule is CCC=C[Si](OCCOCC)(OCCOCC)OCCOCC. The molecule has 0 unspecified atom stereocenters. The third-order valence-electron chi connectivity index (χ3n) is 2.76. The van der Waals surface area contributed by atoms with E-state index in [1.165, 1.54) is 0 Å². The predicted molar refractivity (Wildman–Crippen MR) is 92.5 cm³/mol. The number of hydrogen-bond donors (Lipinski definition) is 0. The van der Waals surface area contributed by atoms with E-state index in [0.29, 0.717) is 59.5 Å². The minimum Gasteiger partial charge on any atom is -0.379 e. The largest absolute Gasteiger partial charge is 0.529 e. The maximum atomic E-state index is 5.97. The van der Waals surface area contributed by atoms with Gasteiger partial charge in [0.1, 0.15) is 0 Å². The van der Waals surface area contributed by atoms with E-state index in [-0.39, 0.29) is 0 Å². The molecule has 0 N–H and O–H groups in total. The lowest BCUT2D eigenvalue weighted by Crippen LogP contribution is -2.46. The smallest absolute Gasteiger partial charge is 0.379 e. The first-order valence-electron chi connectivity index (χ1n) is 8.57. The van der Waals surface area contributed by atoms with Crippen LogP contribution < -0.4 is 0 Å². The Bertz CT molecular complexity index is 244. The van der Waals surface area contributed by atoms with Crippen LogP contribution in [-0.2, 0) is 27.5 Å². The van der Waals surface area contributed by atoms with E-state index in [2.05, 4.69) is 6.92 Å². The maximum absolute atomic E-state index is 5.97. The van der Waals surface area contributed by atoms with Gasteiger partial charge in [-0.1, -0.05) is 13.0 Å². The highest BCUT2D eigenvalue weighted by molar-refractivity contribution is 6.66. The summed E-state index contributed by atoms with van der Waals surface area (Å²) >= 11 is 0. The Balaban J connectivity index is 4.62. The highest BCUT2D eigenvalue weighted by atomic mass is 28.4. The minimum atomic E-state index is -2.89. The van der Waals surface area contributed by atoms with Crippen LogP contribution in [0.4, 0.5) is 0 Å². The Morgan fingerprint density at radius 2 is 1.00 bits per heavy atom. The first-order chi connectivity index (χ1) is 11.2. The molecule has 0 atom stereocenters. The second-order valence-electron chi connectivity index (χ2n) is 4.55. The molecule has 0 radical (unpaired) electrons. The van der Waals surface area contributed by atoms with Gasteiger partial charge in [0.05, 0.1) is 39.6 Å². The van der Waals surface area contributed by atoms with E-state index in [1.807, 2.05) is 32.5 Å². The van der Waals surface area contributed by atoms with Gasteiger partial charge in [0.15, 0.2) is 0 Å². The Hall–Kier alpha value is -0.283. The molecule has 0 aromatic heterocycles. The van der Waals surface area contributed by atoms with Crippen molar-refractivity contribution in [2.75, 3.05) is 59.5 Å². The number of rotatable bonds is 17. The standard InChI is InChI=1S/C16H34O6Si/c1-5-9-16-23(20-13-10-17-6-2,21-14-11-18-7-3)22-15-12-19-8-4/h9,16H,5-8,10-15H2,1-4H3. The summed E-state index contributed by atoms with van der Waals surface area (Å²) in [6.45, 7) is 12.8. The second kappa shape index (κ2) is 16.6. The lowest BCUT2D eigenvalue weighted by molar-refractivity contribution is 0.0110. The zero-order valence-corrected chi connectivity index (χ0v) is 16.2. The van der Waals surface area contributed by atoms with Gasteiger partial charge in [-0.3, -0.25) is 0 Å².